The third-order valence-corrected chi connectivity index (χ3v) is 5.15. The fraction of sp³-hybridized carbons (Fsp3) is 0.174. The van der Waals surface area contributed by atoms with Gasteiger partial charge < -0.3 is 4.90 Å². The maximum atomic E-state index is 12.7. The summed E-state index contributed by atoms with van der Waals surface area (Å²) in [7, 11) is 0. The lowest BCUT2D eigenvalue weighted by atomic mass is 10.1. The number of ketones is 1. The van der Waals surface area contributed by atoms with Gasteiger partial charge in [0.25, 0.3) is 5.91 Å². The molecule has 0 bridgehead atoms. The van der Waals surface area contributed by atoms with Crippen LogP contribution in [-0.4, -0.2) is 30.5 Å². The summed E-state index contributed by atoms with van der Waals surface area (Å²) in [6.45, 7) is 6.00. The van der Waals surface area contributed by atoms with Crippen molar-refractivity contribution in [2.45, 2.75) is 13.8 Å². The quantitative estimate of drug-likeness (QED) is 0.689. The topological polar surface area (TPSA) is 61.8 Å². The number of anilines is 1. The molecule has 1 N–H and O–H groups in total. The van der Waals surface area contributed by atoms with E-state index in [-0.39, 0.29) is 17.4 Å². The van der Waals surface area contributed by atoms with Crippen molar-refractivity contribution in [2.75, 3.05) is 18.0 Å². The molecule has 1 aliphatic carbocycles. The first kappa shape index (κ1) is 17.9. The Morgan fingerprint density at radius 1 is 0.929 bits per heavy atom. The van der Waals surface area contributed by atoms with E-state index in [1.807, 2.05) is 42.5 Å². The van der Waals surface area contributed by atoms with Crippen LogP contribution in [0.4, 0.5) is 5.69 Å². The van der Waals surface area contributed by atoms with Crippen LogP contribution in [0.5, 0.6) is 0 Å². The number of carbonyl (C=O) groups is 2. The van der Waals surface area contributed by atoms with E-state index in [2.05, 4.69) is 29.3 Å². The standard InChI is InChI=1S/C23H21N3O2/c1-3-26(4-2)17-13-11-16(12-14-17)23(28)25-24-21-18-9-5-7-15-8-6-10-19(20(15)18)22(21)27/h5-14H,3-4H2,1-2H3,(H,25,28)/b24-21-. The fourth-order valence-electron chi connectivity index (χ4n) is 3.67. The van der Waals surface area contributed by atoms with E-state index >= 15 is 0 Å². The number of carbonyl (C=O) groups excluding carboxylic acids is 2. The van der Waals surface area contributed by atoms with Crippen LogP contribution in [0.2, 0.25) is 0 Å². The molecule has 0 fully saturated rings. The zero-order valence-corrected chi connectivity index (χ0v) is 15.9. The molecule has 1 amide bonds. The molecule has 0 aliphatic heterocycles. The molecule has 1 aliphatic rings. The number of nitrogens with one attached hydrogen (secondary N) is 1. The summed E-state index contributed by atoms with van der Waals surface area (Å²) >= 11 is 0. The van der Waals surface area contributed by atoms with Crippen LogP contribution in [0.25, 0.3) is 10.8 Å². The number of amides is 1. The van der Waals surface area contributed by atoms with Gasteiger partial charge in [-0.05, 0) is 43.5 Å². The highest BCUT2D eigenvalue weighted by atomic mass is 16.2. The second kappa shape index (κ2) is 7.27. The highest BCUT2D eigenvalue weighted by molar-refractivity contribution is 6.59. The number of rotatable bonds is 5. The summed E-state index contributed by atoms with van der Waals surface area (Å²) in [5.74, 6) is -0.501. The number of hydrogen-bond acceptors (Lipinski definition) is 4. The average molecular weight is 371 g/mol. The van der Waals surface area contributed by atoms with Crippen LogP contribution in [0, 0.1) is 0 Å². The lowest BCUT2D eigenvalue weighted by Crippen LogP contribution is -2.23. The van der Waals surface area contributed by atoms with E-state index in [0.29, 0.717) is 11.1 Å². The van der Waals surface area contributed by atoms with Crippen molar-refractivity contribution in [1.29, 1.82) is 0 Å². The Morgan fingerprint density at radius 3 is 2.21 bits per heavy atom. The summed E-state index contributed by atoms with van der Waals surface area (Å²) in [5, 5.41) is 6.05. The van der Waals surface area contributed by atoms with Gasteiger partial charge >= 0.3 is 0 Å². The summed E-state index contributed by atoms with van der Waals surface area (Å²) in [4.78, 5) is 27.4. The molecule has 3 aromatic rings. The molecule has 0 heterocycles. The van der Waals surface area contributed by atoms with E-state index in [9.17, 15) is 9.59 Å². The van der Waals surface area contributed by atoms with Crippen LogP contribution in [0.15, 0.2) is 65.8 Å². The molecule has 0 atom stereocenters. The van der Waals surface area contributed by atoms with E-state index in [1.165, 1.54) is 0 Å². The van der Waals surface area contributed by atoms with Crippen molar-refractivity contribution in [3.63, 3.8) is 0 Å². The molecule has 140 valence electrons. The van der Waals surface area contributed by atoms with Gasteiger partial charge in [-0.2, -0.15) is 5.10 Å². The summed E-state index contributed by atoms with van der Waals surface area (Å²) in [6, 6.07) is 18.7. The smallest absolute Gasteiger partial charge is 0.271 e. The predicted molar refractivity (Wildman–Crippen MR) is 112 cm³/mol. The molecule has 5 heteroatoms. The molecule has 3 aromatic carbocycles. The van der Waals surface area contributed by atoms with Crippen molar-refractivity contribution < 1.29 is 9.59 Å². The van der Waals surface area contributed by atoms with Gasteiger partial charge in [-0.15, -0.1) is 0 Å². The van der Waals surface area contributed by atoms with E-state index < -0.39 is 0 Å². The van der Waals surface area contributed by atoms with Crippen LogP contribution < -0.4 is 10.3 Å². The van der Waals surface area contributed by atoms with Crippen LogP contribution in [-0.2, 0) is 0 Å². The number of benzene rings is 3. The van der Waals surface area contributed by atoms with Gasteiger partial charge in [0.05, 0.1) is 0 Å². The summed E-state index contributed by atoms with van der Waals surface area (Å²) in [5.41, 5.74) is 5.78. The second-order valence-corrected chi connectivity index (χ2v) is 6.66. The maximum Gasteiger partial charge on any atom is 0.271 e. The lowest BCUT2D eigenvalue weighted by molar-refractivity contribution is 0.0955. The van der Waals surface area contributed by atoms with Gasteiger partial charge in [0.15, 0.2) is 0 Å². The molecule has 4 rings (SSSR count). The van der Waals surface area contributed by atoms with Gasteiger partial charge in [0, 0.05) is 40.9 Å². The van der Waals surface area contributed by atoms with Crippen molar-refractivity contribution >= 4 is 33.9 Å². The molecule has 0 radical (unpaired) electrons. The zero-order valence-electron chi connectivity index (χ0n) is 15.9. The molecule has 0 saturated heterocycles. The highest BCUT2D eigenvalue weighted by Gasteiger charge is 2.28. The maximum absolute atomic E-state index is 12.7. The molecule has 0 saturated carbocycles. The minimum absolute atomic E-state index is 0.163. The van der Waals surface area contributed by atoms with Crippen molar-refractivity contribution in [3.05, 3.63) is 77.4 Å². The molecule has 5 nitrogen and oxygen atoms in total. The molecule has 0 aromatic heterocycles. The summed E-state index contributed by atoms with van der Waals surface area (Å²) in [6.07, 6.45) is 0. The molecular weight excluding hydrogens is 350 g/mol. The minimum atomic E-state index is -0.338. The first-order chi connectivity index (χ1) is 13.6. The SMILES string of the molecule is CCN(CC)c1ccc(C(=O)N/N=C2\C(=O)c3cccc4cccc2c34)cc1. The monoisotopic (exact) mass is 371 g/mol. The Hall–Kier alpha value is -3.47. The van der Waals surface area contributed by atoms with Crippen LogP contribution in [0.1, 0.15) is 40.1 Å². The van der Waals surface area contributed by atoms with Gasteiger partial charge in [-0.3, -0.25) is 9.59 Å². The normalized spacial score (nSPS) is 13.9. The molecule has 28 heavy (non-hydrogen) atoms. The van der Waals surface area contributed by atoms with Crippen LogP contribution >= 0.6 is 0 Å². The Bertz CT molecular complexity index is 1090. The lowest BCUT2D eigenvalue weighted by Gasteiger charge is -2.20. The van der Waals surface area contributed by atoms with E-state index in [0.717, 1.165) is 35.1 Å². The van der Waals surface area contributed by atoms with Gasteiger partial charge in [0.2, 0.25) is 5.78 Å². The Morgan fingerprint density at radius 2 is 1.57 bits per heavy atom. The van der Waals surface area contributed by atoms with Crippen molar-refractivity contribution in [3.8, 4) is 0 Å². The highest BCUT2D eigenvalue weighted by Crippen LogP contribution is 2.30. The number of Topliss-reactive ketones (excluding diaryl/α,β-unsaturated/α-hetero) is 1. The van der Waals surface area contributed by atoms with Crippen molar-refractivity contribution in [2.24, 2.45) is 5.10 Å². The Balaban J connectivity index is 1.58. The zero-order chi connectivity index (χ0) is 19.7. The number of hydrazone groups is 1. The molecule has 0 unspecified atom stereocenters. The molecule has 0 spiro atoms. The van der Waals surface area contributed by atoms with Gasteiger partial charge in [0.1, 0.15) is 5.71 Å². The first-order valence-corrected chi connectivity index (χ1v) is 9.44. The first-order valence-electron chi connectivity index (χ1n) is 9.44. The summed E-state index contributed by atoms with van der Waals surface area (Å²) < 4.78 is 0. The van der Waals surface area contributed by atoms with Gasteiger partial charge in [-0.25, -0.2) is 5.43 Å². The van der Waals surface area contributed by atoms with Gasteiger partial charge in [-0.1, -0.05) is 36.4 Å². The average Bonchev–Trinajstić information content (AvgIpc) is 3.01. The van der Waals surface area contributed by atoms with Crippen molar-refractivity contribution in [1.82, 2.24) is 5.43 Å². The largest absolute Gasteiger partial charge is 0.372 e. The Kier molecular flexibility index (Phi) is 4.65. The fourth-order valence-corrected chi connectivity index (χ4v) is 3.67. The predicted octanol–water partition coefficient (Wildman–Crippen LogP) is 4.02. The second-order valence-electron chi connectivity index (χ2n) is 6.66. The van der Waals surface area contributed by atoms with Crippen LogP contribution in [0.3, 0.4) is 0 Å². The van der Waals surface area contributed by atoms with E-state index in [1.54, 1.807) is 18.2 Å². The third kappa shape index (κ3) is 2.95. The number of hydrogen-bond donors (Lipinski definition) is 1. The minimum Gasteiger partial charge on any atom is -0.372 e. The molecular formula is C23H21N3O2. The number of nitrogens with zero attached hydrogens (tertiary/aromatic N) is 2. The Labute approximate surface area is 163 Å². The van der Waals surface area contributed by atoms with E-state index in [4.69, 9.17) is 0 Å². The third-order valence-electron chi connectivity index (χ3n) is 5.15.